The van der Waals surface area contributed by atoms with E-state index in [0.29, 0.717) is 18.3 Å². The van der Waals surface area contributed by atoms with E-state index < -0.39 is 8.03 Å². The van der Waals surface area contributed by atoms with Crippen LogP contribution in [0.3, 0.4) is 0 Å². The molecular formula is C11H12NO3P. The van der Waals surface area contributed by atoms with Crippen LogP contribution in [0.5, 0.6) is 0 Å². The van der Waals surface area contributed by atoms with Crippen LogP contribution in [0.1, 0.15) is 5.56 Å². The standard InChI is InChI=1S/C11H12NO3P/c1-2-11(13)12-8-7-9-3-5-10(6-4-9)16(14)15/h2-6H,1,7-8H2,(H,12,13). The number of nitrogens with one attached hydrogen (secondary N) is 1. The molecule has 0 radical (unpaired) electrons. The van der Waals surface area contributed by atoms with Gasteiger partial charge in [0.05, 0.1) is 0 Å². The lowest BCUT2D eigenvalue weighted by Gasteiger charge is -2.02. The summed E-state index contributed by atoms with van der Waals surface area (Å²) in [4.78, 5) is 21.5. The Hall–Kier alpha value is -1.51. The average Bonchev–Trinajstić information content (AvgIpc) is 2.29. The van der Waals surface area contributed by atoms with Gasteiger partial charge in [-0.3, -0.25) is 4.79 Å². The van der Waals surface area contributed by atoms with Gasteiger partial charge in [0.25, 0.3) is 0 Å². The van der Waals surface area contributed by atoms with Gasteiger partial charge in [-0.2, -0.15) is 0 Å². The van der Waals surface area contributed by atoms with Gasteiger partial charge in [-0.05, 0) is 30.2 Å². The summed E-state index contributed by atoms with van der Waals surface area (Å²) in [6, 6.07) is 6.58. The van der Waals surface area contributed by atoms with Crippen LogP contribution in [-0.4, -0.2) is 12.5 Å². The largest absolute Gasteiger partial charge is 0.591 e. The van der Waals surface area contributed by atoms with E-state index in [1.165, 1.54) is 6.08 Å². The minimum atomic E-state index is -2.52. The summed E-state index contributed by atoms with van der Waals surface area (Å²) < 4.78 is 10.6. The summed E-state index contributed by atoms with van der Waals surface area (Å²) in [5.74, 6) is -0.209. The third kappa shape index (κ3) is 3.93. The lowest BCUT2D eigenvalue weighted by Crippen LogP contribution is -2.23. The predicted molar refractivity (Wildman–Crippen MR) is 60.6 cm³/mol. The summed E-state index contributed by atoms with van der Waals surface area (Å²) >= 11 is 0. The van der Waals surface area contributed by atoms with Crippen LogP contribution in [0.25, 0.3) is 0 Å². The summed E-state index contributed by atoms with van der Waals surface area (Å²) in [6.07, 6.45) is 1.88. The maximum Gasteiger partial charge on any atom is 0.348 e. The molecule has 1 unspecified atom stereocenters. The van der Waals surface area contributed by atoms with Gasteiger partial charge in [0.15, 0.2) is 5.30 Å². The van der Waals surface area contributed by atoms with Crippen molar-refractivity contribution >= 4 is 19.2 Å². The summed E-state index contributed by atoms with van der Waals surface area (Å²) in [6.45, 7) is 3.85. The van der Waals surface area contributed by atoms with Crippen LogP contribution in [-0.2, 0) is 15.8 Å². The highest BCUT2D eigenvalue weighted by Gasteiger charge is 2.05. The van der Waals surface area contributed by atoms with Gasteiger partial charge in [-0.25, -0.2) is 0 Å². The molecule has 4 nitrogen and oxygen atoms in total. The van der Waals surface area contributed by atoms with Gasteiger partial charge in [0, 0.05) is 6.54 Å². The third-order valence-electron chi connectivity index (χ3n) is 2.05. The molecule has 1 atom stereocenters. The van der Waals surface area contributed by atoms with E-state index in [1.807, 2.05) is 0 Å². The molecule has 1 N–H and O–H groups in total. The second-order valence-electron chi connectivity index (χ2n) is 3.17. The third-order valence-corrected chi connectivity index (χ3v) is 2.77. The molecule has 1 amide bonds. The first-order valence-electron chi connectivity index (χ1n) is 4.77. The van der Waals surface area contributed by atoms with Gasteiger partial charge >= 0.3 is 8.03 Å². The molecule has 1 rings (SSSR count). The summed E-state index contributed by atoms with van der Waals surface area (Å²) in [7, 11) is -2.52. The quantitative estimate of drug-likeness (QED) is 0.590. The number of benzene rings is 1. The Morgan fingerprint density at radius 3 is 2.56 bits per heavy atom. The first-order chi connectivity index (χ1) is 7.63. The van der Waals surface area contributed by atoms with E-state index in [2.05, 4.69) is 11.9 Å². The number of carbonyl (C=O) groups excluding carboxylic acids is 1. The van der Waals surface area contributed by atoms with E-state index >= 15 is 0 Å². The van der Waals surface area contributed by atoms with Crippen molar-refractivity contribution in [2.24, 2.45) is 0 Å². The molecule has 0 aliphatic carbocycles. The highest BCUT2D eigenvalue weighted by atomic mass is 31.1. The molecule has 0 aliphatic heterocycles. The van der Waals surface area contributed by atoms with Crippen molar-refractivity contribution in [3.63, 3.8) is 0 Å². The van der Waals surface area contributed by atoms with Crippen molar-refractivity contribution in [2.75, 3.05) is 6.54 Å². The Balaban J connectivity index is 2.46. The summed E-state index contributed by atoms with van der Waals surface area (Å²) in [5, 5.41) is 2.94. The first kappa shape index (κ1) is 12.6. The monoisotopic (exact) mass is 237 g/mol. The van der Waals surface area contributed by atoms with Crippen molar-refractivity contribution in [1.82, 2.24) is 5.32 Å². The molecule has 0 saturated carbocycles. The topological polar surface area (TPSA) is 69.2 Å². The van der Waals surface area contributed by atoms with Crippen molar-refractivity contribution < 1.29 is 14.3 Å². The highest BCUT2D eigenvalue weighted by Crippen LogP contribution is 2.08. The maximum absolute atomic E-state index is 10.8. The fourth-order valence-corrected chi connectivity index (χ4v) is 1.58. The number of hydrogen-bond acceptors (Lipinski definition) is 3. The van der Waals surface area contributed by atoms with Gasteiger partial charge in [0.1, 0.15) is 0 Å². The molecule has 0 aliphatic rings. The van der Waals surface area contributed by atoms with E-state index in [1.54, 1.807) is 24.3 Å². The molecule has 1 aromatic rings. The van der Waals surface area contributed by atoms with Gasteiger partial charge in [0.2, 0.25) is 5.91 Å². The van der Waals surface area contributed by atoms with E-state index in [9.17, 15) is 14.3 Å². The predicted octanol–water partition coefficient (Wildman–Crippen LogP) is 0.259. The Morgan fingerprint density at radius 1 is 1.44 bits per heavy atom. The minimum absolute atomic E-state index is 0.209. The van der Waals surface area contributed by atoms with E-state index in [-0.39, 0.29) is 5.91 Å². The Labute approximate surface area is 94.9 Å². The zero-order chi connectivity index (χ0) is 12.0. The SMILES string of the molecule is C=CC(=O)NCCc1ccc([P+](=O)[O-])cc1. The molecule has 1 aromatic carbocycles. The fraction of sp³-hybridized carbons (Fsp3) is 0.182. The van der Waals surface area contributed by atoms with E-state index in [0.717, 1.165) is 5.56 Å². The zero-order valence-electron chi connectivity index (χ0n) is 8.68. The number of amides is 1. The normalized spacial score (nSPS) is 10.7. The van der Waals surface area contributed by atoms with Crippen molar-refractivity contribution in [2.45, 2.75) is 6.42 Å². The lowest BCUT2D eigenvalue weighted by molar-refractivity contribution is -0.160. The second-order valence-corrected chi connectivity index (χ2v) is 4.20. The highest BCUT2D eigenvalue weighted by molar-refractivity contribution is 7.45. The first-order valence-corrected chi connectivity index (χ1v) is 5.95. The molecule has 5 heteroatoms. The van der Waals surface area contributed by atoms with Crippen LogP contribution in [0.4, 0.5) is 0 Å². The molecule has 0 spiro atoms. The van der Waals surface area contributed by atoms with Crippen LogP contribution in [0.15, 0.2) is 36.9 Å². The van der Waals surface area contributed by atoms with Gasteiger partial charge in [-0.1, -0.05) is 23.3 Å². The molecule has 0 saturated heterocycles. The van der Waals surface area contributed by atoms with Crippen LogP contribution in [0.2, 0.25) is 0 Å². The fourth-order valence-electron chi connectivity index (χ4n) is 1.19. The molecular weight excluding hydrogens is 225 g/mol. The number of rotatable bonds is 5. The average molecular weight is 237 g/mol. The second kappa shape index (κ2) is 6.16. The number of carbonyl (C=O) groups is 1. The van der Waals surface area contributed by atoms with Crippen LogP contribution in [0, 0.1) is 0 Å². The smallest absolute Gasteiger partial charge is 0.348 e. The van der Waals surface area contributed by atoms with E-state index in [4.69, 9.17) is 0 Å². The van der Waals surface area contributed by atoms with Crippen molar-refractivity contribution in [1.29, 1.82) is 0 Å². The maximum atomic E-state index is 10.8. The molecule has 0 fully saturated rings. The summed E-state index contributed by atoms with van der Waals surface area (Å²) in [5.41, 5.74) is 0.977. The van der Waals surface area contributed by atoms with Crippen LogP contribution < -0.4 is 15.5 Å². The lowest BCUT2D eigenvalue weighted by atomic mass is 10.1. The Bertz CT molecular complexity index is 400. The molecule has 16 heavy (non-hydrogen) atoms. The minimum Gasteiger partial charge on any atom is -0.591 e. The molecule has 84 valence electrons. The zero-order valence-corrected chi connectivity index (χ0v) is 9.57. The van der Waals surface area contributed by atoms with Crippen molar-refractivity contribution in [3.05, 3.63) is 42.5 Å². The Kier molecular flexibility index (Phi) is 4.83. The Morgan fingerprint density at radius 2 is 2.06 bits per heavy atom. The number of hydrogen-bond donors (Lipinski definition) is 1. The molecule has 0 aromatic heterocycles. The molecule has 0 bridgehead atoms. The van der Waals surface area contributed by atoms with Crippen molar-refractivity contribution in [3.8, 4) is 0 Å². The molecule has 0 heterocycles. The van der Waals surface area contributed by atoms with Crippen LogP contribution >= 0.6 is 8.03 Å². The van der Waals surface area contributed by atoms with Gasteiger partial charge < -0.3 is 10.2 Å². The van der Waals surface area contributed by atoms with Gasteiger partial charge in [-0.15, -0.1) is 0 Å².